The molecule has 2 unspecified atom stereocenters. The van der Waals surface area contributed by atoms with Crippen molar-refractivity contribution in [1.29, 1.82) is 5.26 Å². The molecule has 2 N–H and O–H groups in total. The second-order valence-corrected chi connectivity index (χ2v) is 18.4. The fourth-order valence-electron chi connectivity index (χ4n) is 11.3. The van der Waals surface area contributed by atoms with E-state index in [9.17, 15) is 29.2 Å². The van der Waals surface area contributed by atoms with Crippen LogP contribution in [0.15, 0.2) is 60.8 Å². The van der Waals surface area contributed by atoms with Crippen molar-refractivity contribution < 1.29 is 33.1 Å². The summed E-state index contributed by atoms with van der Waals surface area (Å²) in [6, 6.07) is 16.9. The van der Waals surface area contributed by atoms with Crippen molar-refractivity contribution in [2.24, 2.45) is 11.3 Å². The molecule has 15 heteroatoms. The number of halogens is 1. The van der Waals surface area contributed by atoms with Crippen molar-refractivity contribution in [3.8, 4) is 11.8 Å². The minimum Gasteiger partial charge on any atom is -0.488 e. The molecule has 0 radical (unpaired) electrons. The standard InChI is InChI=1S/C47H47FN8O6/c1-46(2)44(47(3)32-12-15-50-39-28(24-49)6-10-36(38(32)39)62-45(46)47)52-40(58)27-4-7-29(8-5-27)54-16-13-26(14-17-54)25-53-18-20-55(21-19-53)35-23-31-30(22-33(35)48)42(60)56(43(31)61)34-9-11-37(57)51-41(34)59/h4-8,10,12,15,22-23,26,34,44-45H,9,11,13-14,16-21,25H2,1-3H3,(H,52,58)(H,51,57,59)/t34?,44-,45-,47?/m0/s1. The van der Waals surface area contributed by atoms with Crippen LogP contribution in [-0.2, 0) is 15.0 Å². The third-order valence-electron chi connectivity index (χ3n) is 14.5. The van der Waals surface area contributed by atoms with E-state index in [0.717, 1.165) is 78.9 Å². The lowest BCUT2D eigenvalue weighted by Crippen LogP contribution is -2.78. The van der Waals surface area contributed by atoms with Crippen LogP contribution < -0.4 is 25.2 Å². The van der Waals surface area contributed by atoms with Gasteiger partial charge in [0.2, 0.25) is 11.8 Å². The van der Waals surface area contributed by atoms with Crippen molar-refractivity contribution >= 4 is 51.8 Å². The minimum atomic E-state index is -1.10. The summed E-state index contributed by atoms with van der Waals surface area (Å²) in [6.45, 7) is 11.7. The number of carbonyl (C=O) groups excluding carboxylic acids is 5. The Morgan fingerprint density at radius 1 is 0.919 bits per heavy atom. The summed E-state index contributed by atoms with van der Waals surface area (Å²) in [5, 5.41) is 16.1. The summed E-state index contributed by atoms with van der Waals surface area (Å²) < 4.78 is 22.1. The van der Waals surface area contributed by atoms with E-state index in [-0.39, 0.29) is 53.1 Å². The van der Waals surface area contributed by atoms with Gasteiger partial charge in [-0.1, -0.05) is 13.8 Å². The number of imide groups is 2. The average Bonchev–Trinajstić information content (AvgIpc) is 3.51. The van der Waals surface area contributed by atoms with Gasteiger partial charge in [0.15, 0.2) is 0 Å². The van der Waals surface area contributed by atoms with Crippen LogP contribution in [0.4, 0.5) is 15.8 Å². The highest BCUT2D eigenvalue weighted by molar-refractivity contribution is 6.23. The zero-order valence-corrected chi connectivity index (χ0v) is 34.9. The van der Waals surface area contributed by atoms with Gasteiger partial charge in [0, 0.05) is 80.5 Å². The van der Waals surface area contributed by atoms with E-state index in [1.54, 1.807) is 12.3 Å². The normalized spacial score (nSPS) is 25.7. The summed E-state index contributed by atoms with van der Waals surface area (Å²) >= 11 is 0. The maximum atomic E-state index is 15.5. The SMILES string of the molecule is CC1(C)[C@H](NC(=O)c2ccc(N3CCC(CN4CCN(c5cc6c(cc5F)C(=O)N(C5CCC(=O)NC5=O)C6=O)CC4)CC3)cc2)C2(C)c3ccnc4c(C#N)ccc(c34)O[C@@H]12. The van der Waals surface area contributed by atoms with Crippen LogP contribution >= 0.6 is 0 Å². The zero-order valence-electron chi connectivity index (χ0n) is 34.9. The van der Waals surface area contributed by atoms with E-state index in [0.29, 0.717) is 35.7 Å². The molecular formula is C47H47FN8O6. The number of piperidine rings is 2. The third kappa shape index (κ3) is 6.13. The molecule has 4 aromatic rings. The van der Waals surface area contributed by atoms with Crippen molar-refractivity contribution in [3.63, 3.8) is 0 Å². The van der Waals surface area contributed by atoms with E-state index in [2.05, 4.69) is 52.3 Å². The largest absolute Gasteiger partial charge is 0.488 e. The Kier molecular flexibility index (Phi) is 9.36. The van der Waals surface area contributed by atoms with Crippen LogP contribution in [0.25, 0.3) is 10.9 Å². The molecule has 62 heavy (non-hydrogen) atoms. The topological polar surface area (TPSA) is 168 Å². The lowest BCUT2D eigenvalue weighted by atomic mass is 9.45. The van der Waals surface area contributed by atoms with Gasteiger partial charge in [-0.15, -0.1) is 0 Å². The number of piperazine rings is 1. The molecule has 10 rings (SSSR count). The van der Waals surface area contributed by atoms with Crippen LogP contribution in [0.3, 0.4) is 0 Å². The van der Waals surface area contributed by atoms with E-state index >= 15 is 4.39 Å². The quantitative estimate of drug-likeness (QED) is 0.251. The van der Waals surface area contributed by atoms with Gasteiger partial charge in [-0.2, -0.15) is 5.26 Å². The Bertz CT molecular complexity index is 2630. The van der Waals surface area contributed by atoms with Gasteiger partial charge in [-0.05, 0) is 92.3 Å². The van der Waals surface area contributed by atoms with Crippen LogP contribution in [-0.4, -0.2) is 108 Å². The third-order valence-corrected chi connectivity index (χ3v) is 14.5. The maximum absolute atomic E-state index is 15.5. The highest BCUT2D eigenvalue weighted by Crippen LogP contribution is 2.61. The molecule has 1 aromatic heterocycles. The number of hydrogen-bond acceptors (Lipinski definition) is 11. The van der Waals surface area contributed by atoms with Gasteiger partial charge in [0.1, 0.15) is 29.8 Å². The van der Waals surface area contributed by atoms with E-state index in [4.69, 9.17) is 4.74 Å². The van der Waals surface area contributed by atoms with Gasteiger partial charge in [-0.25, -0.2) is 4.39 Å². The first-order valence-electron chi connectivity index (χ1n) is 21.4. The fraction of sp³-hybridized carbons (Fsp3) is 0.426. The number of aromatic nitrogens is 1. The molecule has 1 aliphatic carbocycles. The predicted molar refractivity (Wildman–Crippen MR) is 226 cm³/mol. The highest BCUT2D eigenvalue weighted by atomic mass is 19.1. The van der Waals surface area contributed by atoms with Gasteiger partial charge in [0.25, 0.3) is 17.7 Å². The smallest absolute Gasteiger partial charge is 0.262 e. The van der Waals surface area contributed by atoms with E-state index in [1.165, 1.54) is 6.07 Å². The lowest BCUT2D eigenvalue weighted by Gasteiger charge is -2.66. The lowest BCUT2D eigenvalue weighted by molar-refractivity contribution is -0.136. The highest BCUT2D eigenvalue weighted by Gasteiger charge is 2.69. The van der Waals surface area contributed by atoms with E-state index < -0.39 is 40.9 Å². The second kappa shape index (κ2) is 14.6. The first-order valence-corrected chi connectivity index (χ1v) is 21.4. The molecule has 5 amide bonds. The molecule has 0 spiro atoms. The number of hydrogen-bond donors (Lipinski definition) is 2. The van der Waals surface area contributed by atoms with Gasteiger partial charge in [0.05, 0.1) is 39.4 Å². The maximum Gasteiger partial charge on any atom is 0.262 e. The minimum absolute atomic E-state index is 0.0149. The van der Waals surface area contributed by atoms with Crippen LogP contribution in [0.5, 0.6) is 5.75 Å². The van der Waals surface area contributed by atoms with Crippen molar-refractivity contribution in [3.05, 3.63) is 94.4 Å². The number of anilines is 2. The average molecular weight is 839 g/mol. The molecular weight excluding hydrogens is 792 g/mol. The summed E-state index contributed by atoms with van der Waals surface area (Å²) in [5.41, 5.74) is 3.19. The number of nitrogens with one attached hydrogen (secondary N) is 2. The Balaban J connectivity index is 0.726. The molecule has 6 aliphatic rings. The summed E-state index contributed by atoms with van der Waals surface area (Å²) in [7, 11) is 0. The predicted octanol–water partition coefficient (Wildman–Crippen LogP) is 4.54. The van der Waals surface area contributed by atoms with Crippen LogP contribution in [0.1, 0.15) is 88.7 Å². The Labute approximate surface area is 358 Å². The van der Waals surface area contributed by atoms with Gasteiger partial charge >= 0.3 is 0 Å². The summed E-state index contributed by atoms with van der Waals surface area (Å²) in [5.74, 6) is -2.04. The molecule has 1 saturated carbocycles. The molecule has 3 aromatic carbocycles. The van der Waals surface area contributed by atoms with E-state index in [1.807, 2.05) is 41.3 Å². The molecule has 4 fully saturated rings. The first-order chi connectivity index (χ1) is 29.8. The fourth-order valence-corrected chi connectivity index (χ4v) is 11.3. The Morgan fingerprint density at radius 2 is 1.63 bits per heavy atom. The Morgan fingerprint density at radius 3 is 2.32 bits per heavy atom. The van der Waals surface area contributed by atoms with Gasteiger partial charge in [-0.3, -0.25) is 44.1 Å². The molecule has 0 bridgehead atoms. The number of amides is 5. The number of nitriles is 1. The number of benzene rings is 3. The van der Waals surface area contributed by atoms with Crippen molar-refractivity contribution in [2.75, 3.05) is 55.6 Å². The molecule has 4 atom stereocenters. The molecule has 6 heterocycles. The van der Waals surface area contributed by atoms with Crippen molar-refractivity contribution in [2.45, 2.75) is 70.1 Å². The molecule has 5 aliphatic heterocycles. The number of nitrogens with zero attached hydrogens (tertiary/aromatic N) is 6. The number of ether oxygens (including phenoxy) is 1. The molecule has 14 nitrogen and oxygen atoms in total. The molecule has 318 valence electrons. The van der Waals surface area contributed by atoms with Crippen molar-refractivity contribution in [1.82, 2.24) is 25.4 Å². The zero-order chi connectivity index (χ0) is 43.2. The summed E-state index contributed by atoms with van der Waals surface area (Å²) in [4.78, 5) is 76.5. The molecule has 3 saturated heterocycles. The first kappa shape index (κ1) is 39.7. The van der Waals surface area contributed by atoms with Crippen LogP contribution in [0.2, 0.25) is 0 Å². The van der Waals surface area contributed by atoms with Crippen LogP contribution in [0, 0.1) is 28.5 Å². The number of carbonyl (C=O) groups is 5. The number of rotatable bonds is 7. The summed E-state index contributed by atoms with van der Waals surface area (Å²) in [6.07, 6.45) is 3.65. The Hall–Kier alpha value is -6.40. The number of pyridine rings is 1. The van der Waals surface area contributed by atoms with Gasteiger partial charge < -0.3 is 19.9 Å². The monoisotopic (exact) mass is 838 g/mol. The second-order valence-electron chi connectivity index (χ2n) is 18.4. The number of fused-ring (bicyclic) bond motifs is 3.